The minimum Gasteiger partial charge on any atom is -0.392 e. The first kappa shape index (κ1) is 21.0. The van der Waals surface area contributed by atoms with Crippen molar-refractivity contribution >= 4 is 17.4 Å². The fourth-order valence-electron chi connectivity index (χ4n) is 1.23. The Kier molecular flexibility index (Phi) is 12.8. The standard InChI is InChI=1S/C7H16O2Si.C5H12O3Si/c1-5-8-10(4,7-3)9-6-2;1-5-9(6-2,7-3)8-4/h7H,3,5-6H2,1-2,4H3;5H,1H2,2-4H3. The smallest absolute Gasteiger partial charge is 0.392 e. The average Bonchev–Trinajstić information content (AvgIpc) is 2.43. The summed E-state index contributed by atoms with van der Waals surface area (Å²) in [6.07, 6.45) is 0. The van der Waals surface area contributed by atoms with Crippen molar-refractivity contribution in [1.82, 2.24) is 0 Å². The molecule has 0 aliphatic heterocycles. The Morgan fingerprint density at radius 1 is 0.842 bits per heavy atom. The van der Waals surface area contributed by atoms with E-state index in [1.807, 2.05) is 20.4 Å². The highest BCUT2D eigenvalue weighted by Crippen LogP contribution is 2.07. The van der Waals surface area contributed by atoms with Crippen molar-refractivity contribution in [3.05, 3.63) is 24.6 Å². The summed E-state index contributed by atoms with van der Waals surface area (Å²) in [6, 6.07) is 0. The molecule has 0 fully saturated rings. The molecule has 0 aliphatic rings. The van der Waals surface area contributed by atoms with Crippen LogP contribution in [0.2, 0.25) is 6.55 Å². The van der Waals surface area contributed by atoms with E-state index in [1.165, 1.54) is 0 Å². The molecule has 7 heteroatoms. The first-order valence-electron chi connectivity index (χ1n) is 6.13. The second kappa shape index (κ2) is 11.5. The van der Waals surface area contributed by atoms with Gasteiger partial charge >= 0.3 is 17.4 Å². The fraction of sp³-hybridized carbons (Fsp3) is 0.667. The van der Waals surface area contributed by atoms with Gasteiger partial charge in [-0.05, 0) is 31.8 Å². The summed E-state index contributed by atoms with van der Waals surface area (Å²) < 4.78 is 25.7. The van der Waals surface area contributed by atoms with Gasteiger partial charge in [-0.3, -0.25) is 0 Å². The van der Waals surface area contributed by atoms with Gasteiger partial charge in [0.05, 0.1) is 0 Å². The quantitative estimate of drug-likeness (QED) is 0.612. The van der Waals surface area contributed by atoms with Crippen LogP contribution in [0.15, 0.2) is 24.6 Å². The van der Waals surface area contributed by atoms with Crippen LogP contribution in [0.4, 0.5) is 0 Å². The maximum Gasteiger partial charge on any atom is 0.528 e. The molecule has 0 bridgehead atoms. The van der Waals surface area contributed by atoms with E-state index in [9.17, 15) is 0 Å². The summed E-state index contributed by atoms with van der Waals surface area (Å²) in [7, 11) is 0.241. The lowest BCUT2D eigenvalue weighted by Crippen LogP contribution is -2.40. The molecular weight excluding hydrogens is 280 g/mol. The zero-order valence-corrected chi connectivity index (χ0v) is 15.0. The Morgan fingerprint density at radius 2 is 1.21 bits per heavy atom. The Balaban J connectivity index is 0. The molecule has 0 radical (unpaired) electrons. The molecular formula is C12H28O5Si2. The molecule has 0 N–H and O–H groups in total. The summed E-state index contributed by atoms with van der Waals surface area (Å²) in [6.45, 7) is 14.5. The molecule has 0 saturated heterocycles. The van der Waals surface area contributed by atoms with Crippen LogP contribution in [-0.4, -0.2) is 51.9 Å². The molecule has 0 saturated carbocycles. The van der Waals surface area contributed by atoms with Crippen molar-refractivity contribution in [2.45, 2.75) is 20.4 Å². The van der Waals surface area contributed by atoms with Gasteiger partial charge in [-0.25, -0.2) is 0 Å². The minimum absolute atomic E-state index is 0.703. The van der Waals surface area contributed by atoms with Gasteiger partial charge in [0.2, 0.25) is 0 Å². The Hall–Kier alpha value is -0.286. The molecule has 0 aromatic rings. The Bertz CT molecular complexity index is 230. The number of hydrogen-bond donors (Lipinski definition) is 0. The number of hydrogen-bond acceptors (Lipinski definition) is 5. The van der Waals surface area contributed by atoms with Gasteiger partial charge in [0, 0.05) is 34.5 Å². The van der Waals surface area contributed by atoms with E-state index in [0.29, 0.717) is 13.2 Å². The molecule has 0 rings (SSSR count). The third-order valence-electron chi connectivity index (χ3n) is 2.34. The summed E-state index contributed by atoms with van der Waals surface area (Å²) in [4.78, 5) is 0. The topological polar surface area (TPSA) is 46.2 Å². The third-order valence-corrected chi connectivity index (χ3v) is 7.01. The van der Waals surface area contributed by atoms with E-state index in [2.05, 4.69) is 13.2 Å². The molecule has 0 amide bonds. The van der Waals surface area contributed by atoms with Crippen LogP contribution in [0.5, 0.6) is 0 Å². The summed E-state index contributed by atoms with van der Waals surface area (Å²) >= 11 is 0. The van der Waals surface area contributed by atoms with Crippen LogP contribution in [-0.2, 0) is 22.1 Å². The molecule has 114 valence electrons. The summed E-state index contributed by atoms with van der Waals surface area (Å²) in [5.74, 6) is 0. The highest BCUT2D eigenvalue weighted by molar-refractivity contribution is 6.71. The molecule has 5 nitrogen and oxygen atoms in total. The SMILES string of the molecule is C=C[Si](C)(OCC)OCC.C=C[Si](OC)(OC)OC. The predicted molar refractivity (Wildman–Crippen MR) is 82.0 cm³/mol. The van der Waals surface area contributed by atoms with Crippen LogP contribution in [0, 0.1) is 0 Å². The molecule has 0 aromatic heterocycles. The predicted octanol–water partition coefficient (Wildman–Crippen LogP) is 2.45. The van der Waals surface area contributed by atoms with Gasteiger partial charge < -0.3 is 22.1 Å². The Morgan fingerprint density at radius 3 is 1.32 bits per heavy atom. The lowest BCUT2D eigenvalue weighted by atomic mass is 10.9. The molecule has 0 atom stereocenters. The first-order chi connectivity index (χ1) is 8.92. The Labute approximate surface area is 119 Å². The zero-order valence-electron chi connectivity index (χ0n) is 13.0. The summed E-state index contributed by atoms with van der Waals surface area (Å²) in [5, 5.41) is 0. The van der Waals surface area contributed by atoms with Crippen molar-refractivity contribution < 1.29 is 22.1 Å². The highest BCUT2D eigenvalue weighted by Gasteiger charge is 2.33. The van der Waals surface area contributed by atoms with Crippen LogP contribution >= 0.6 is 0 Å². The maximum atomic E-state index is 5.42. The van der Waals surface area contributed by atoms with Gasteiger partial charge in [0.25, 0.3) is 0 Å². The lowest BCUT2D eigenvalue weighted by molar-refractivity contribution is 0.138. The van der Waals surface area contributed by atoms with Crippen molar-refractivity contribution in [3.8, 4) is 0 Å². The minimum atomic E-state index is -2.43. The van der Waals surface area contributed by atoms with Crippen LogP contribution in [0.3, 0.4) is 0 Å². The highest BCUT2D eigenvalue weighted by atomic mass is 28.4. The zero-order chi connectivity index (χ0) is 15.4. The fourth-order valence-corrected chi connectivity index (χ4v) is 3.70. The van der Waals surface area contributed by atoms with Gasteiger partial charge in [0.1, 0.15) is 0 Å². The van der Waals surface area contributed by atoms with E-state index in [0.717, 1.165) is 0 Å². The molecule has 19 heavy (non-hydrogen) atoms. The molecule has 0 spiro atoms. The summed E-state index contributed by atoms with van der Waals surface area (Å²) in [5.41, 5.74) is 3.38. The van der Waals surface area contributed by atoms with E-state index in [4.69, 9.17) is 22.1 Å². The average molecular weight is 309 g/mol. The maximum absolute atomic E-state index is 5.42. The molecule has 0 heterocycles. The van der Waals surface area contributed by atoms with Crippen LogP contribution in [0.1, 0.15) is 13.8 Å². The van der Waals surface area contributed by atoms with Crippen molar-refractivity contribution in [3.63, 3.8) is 0 Å². The van der Waals surface area contributed by atoms with Crippen LogP contribution in [0.25, 0.3) is 0 Å². The molecule has 0 unspecified atom stereocenters. The van der Waals surface area contributed by atoms with Gasteiger partial charge in [-0.15, -0.1) is 6.58 Å². The number of rotatable bonds is 9. The second-order valence-corrected chi connectivity index (χ2v) is 9.36. The van der Waals surface area contributed by atoms with Crippen molar-refractivity contribution in [2.75, 3.05) is 34.5 Å². The van der Waals surface area contributed by atoms with Crippen molar-refractivity contribution in [2.24, 2.45) is 0 Å². The van der Waals surface area contributed by atoms with E-state index in [-0.39, 0.29) is 0 Å². The van der Waals surface area contributed by atoms with Crippen LogP contribution < -0.4 is 0 Å². The van der Waals surface area contributed by atoms with E-state index < -0.39 is 17.4 Å². The normalized spacial score (nSPS) is 11.5. The largest absolute Gasteiger partial charge is 0.528 e. The second-order valence-electron chi connectivity index (χ2n) is 3.51. The van der Waals surface area contributed by atoms with E-state index >= 15 is 0 Å². The molecule has 0 aliphatic carbocycles. The van der Waals surface area contributed by atoms with Gasteiger partial charge in [-0.2, -0.15) is 0 Å². The first-order valence-corrected chi connectivity index (χ1v) is 10.3. The van der Waals surface area contributed by atoms with Gasteiger partial charge in [-0.1, -0.05) is 6.58 Å². The lowest BCUT2D eigenvalue weighted by Gasteiger charge is -2.21. The van der Waals surface area contributed by atoms with E-state index in [1.54, 1.807) is 32.7 Å². The monoisotopic (exact) mass is 308 g/mol. The molecule has 0 aromatic carbocycles. The van der Waals surface area contributed by atoms with Crippen molar-refractivity contribution in [1.29, 1.82) is 0 Å². The third kappa shape index (κ3) is 8.48. The van der Waals surface area contributed by atoms with Gasteiger partial charge in [0.15, 0.2) is 0 Å².